The summed E-state index contributed by atoms with van der Waals surface area (Å²) >= 11 is 0. The fourth-order valence-corrected chi connectivity index (χ4v) is 1.59. The average Bonchev–Trinajstić information content (AvgIpc) is 2.85. The number of nitrogens with zero attached hydrogens (tertiary/aromatic N) is 1. The van der Waals surface area contributed by atoms with Gasteiger partial charge in [0.1, 0.15) is 12.0 Å². The second-order valence-electron chi connectivity index (χ2n) is 3.79. The molecule has 4 heteroatoms. The molecule has 0 amide bonds. The topological polar surface area (TPSA) is 51.2 Å². The molecule has 0 bridgehead atoms. The molecule has 2 rings (SSSR count). The molecule has 2 aromatic rings. The normalized spacial score (nSPS) is 12.9. The summed E-state index contributed by atoms with van der Waals surface area (Å²) in [7, 11) is 0. The van der Waals surface area contributed by atoms with Crippen molar-refractivity contribution in [1.82, 2.24) is 10.3 Å². The molecule has 1 atom stereocenters. The van der Waals surface area contributed by atoms with E-state index in [1.165, 1.54) is 0 Å². The molecule has 0 radical (unpaired) electrons. The summed E-state index contributed by atoms with van der Waals surface area (Å²) in [6, 6.07) is 2.06. The van der Waals surface area contributed by atoms with Crippen LogP contribution >= 0.6 is 0 Å². The van der Waals surface area contributed by atoms with Crippen LogP contribution in [0.15, 0.2) is 27.4 Å². The third-order valence-electron chi connectivity index (χ3n) is 2.42. The lowest BCUT2D eigenvalue weighted by Gasteiger charge is -2.06. The molecular formula is C12H16N2O2. The molecule has 0 aliphatic heterocycles. The number of hydrogen-bond acceptors (Lipinski definition) is 4. The van der Waals surface area contributed by atoms with E-state index < -0.39 is 0 Å². The maximum Gasteiger partial charge on any atom is 0.211 e. The summed E-state index contributed by atoms with van der Waals surface area (Å²) in [6.07, 6.45) is 3.41. The molecule has 16 heavy (non-hydrogen) atoms. The van der Waals surface area contributed by atoms with Gasteiger partial charge in [-0.2, -0.15) is 0 Å². The van der Waals surface area contributed by atoms with Crippen molar-refractivity contribution in [2.45, 2.75) is 26.8 Å². The summed E-state index contributed by atoms with van der Waals surface area (Å²) in [4.78, 5) is 4.25. The highest BCUT2D eigenvalue weighted by Gasteiger charge is 2.13. The first-order valence-corrected chi connectivity index (χ1v) is 5.45. The molecule has 2 heterocycles. The molecule has 0 fully saturated rings. The van der Waals surface area contributed by atoms with E-state index in [0.29, 0.717) is 5.89 Å². The number of aryl methyl sites for hydroxylation is 1. The zero-order chi connectivity index (χ0) is 11.5. The van der Waals surface area contributed by atoms with Gasteiger partial charge < -0.3 is 14.2 Å². The lowest BCUT2D eigenvalue weighted by atomic mass is 10.3. The molecule has 2 aromatic heterocycles. The average molecular weight is 220 g/mol. The summed E-state index contributed by atoms with van der Waals surface area (Å²) < 4.78 is 10.9. The van der Waals surface area contributed by atoms with Crippen molar-refractivity contribution in [2.75, 3.05) is 6.54 Å². The lowest BCUT2D eigenvalue weighted by molar-refractivity contribution is 0.428. The molecule has 0 spiro atoms. The van der Waals surface area contributed by atoms with Gasteiger partial charge in [-0.1, -0.05) is 6.92 Å². The Morgan fingerprint density at radius 2 is 2.31 bits per heavy atom. The van der Waals surface area contributed by atoms with Crippen LogP contribution in [0.1, 0.15) is 31.5 Å². The highest BCUT2D eigenvalue weighted by Crippen LogP contribution is 2.24. The fourth-order valence-electron chi connectivity index (χ4n) is 1.59. The van der Waals surface area contributed by atoms with Crippen molar-refractivity contribution in [3.63, 3.8) is 0 Å². The molecule has 4 nitrogen and oxygen atoms in total. The van der Waals surface area contributed by atoms with Crippen LogP contribution in [0.4, 0.5) is 0 Å². The first kappa shape index (κ1) is 11.0. The first-order chi connectivity index (χ1) is 7.70. The summed E-state index contributed by atoms with van der Waals surface area (Å²) in [5.74, 6) is 2.32. The highest BCUT2D eigenvalue weighted by molar-refractivity contribution is 5.55. The third kappa shape index (κ3) is 2.17. The molecular weight excluding hydrogens is 204 g/mol. The van der Waals surface area contributed by atoms with E-state index in [9.17, 15) is 0 Å². The third-order valence-corrected chi connectivity index (χ3v) is 2.42. The van der Waals surface area contributed by atoms with Gasteiger partial charge in [-0.05, 0) is 26.5 Å². The Kier molecular flexibility index (Phi) is 3.10. The molecule has 1 N–H and O–H groups in total. The molecule has 0 aliphatic rings. The molecule has 0 aliphatic carbocycles. The summed E-state index contributed by atoms with van der Waals surface area (Å²) in [6.45, 7) is 6.88. The summed E-state index contributed by atoms with van der Waals surface area (Å²) in [5.41, 5.74) is 0.931. The van der Waals surface area contributed by atoms with E-state index in [4.69, 9.17) is 8.83 Å². The number of hydrogen-bond donors (Lipinski definition) is 1. The summed E-state index contributed by atoms with van der Waals surface area (Å²) in [5, 5.41) is 3.25. The van der Waals surface area contributed by atoms with E-state index in [2.05, 4.69) is 17.2 Å². The van der Waals surface area contributed by atoms with Gasteiger partial charge in [-0.25, -0.2) is 4.98 Å². The van der Waals surface area contributed by atoms with Gasteiger partial charge in [0.15, 0.2) is 5.76 Å². The van der Waals surface area contributed by atoms with Crippen LogP contribution in [0, 0.1) is 6.92 Å². The number of nitrogens with one attached hydrogen (secondary N) is 1. The molecule has 0 saturated heterocycles. The van der Waals surface area contributed by atoms with Crippen LogP contribution in [0.2, 0.25) is 0 Å². The van der Waals surface area contributed by atoms with Crippen molar-refractivity contribution in [3.05, 3.63) is 30.2 Å². The molecule has 1 unspecified atom stereocenters. The predicted molar refractivity (Wildman–Crippen MR) is 61.0 cm³/mol. The quantitative estimate of drug-likeness (QED) is 0.860. The van der Waals surface area contributed by atoms with E-state index >= 15 is 0 Å². The van der Waals surface area contributed by atoms with Crippen molar-refractivity contribution in [1.29, 1.82) is 0 Å². The number of aromatic nitrogens is 1. The Hall–Kier alpha value is -1.55. The predicted octanol–water partition coefficient (Wildman–Crippen LogP) is 2.91. The van der Waals surface area contributed by atoms with Gasteiger partial charge in [0.05, 0.1) is 17.8 Å². The smallest absolute Gasteiger partial charge is 0.211 e. The molecule has 0 saturated carbocycles. The van der Waals surface area contributed by atoms with Crippen LogP contribution in [-0.4, -0.2) is 11.5 Å². The van der Waals surface area contributed by atoms with Crippen LogP contribution in [-0.2, 0) is 0 Å². The van der Waals surface area contributed by atoms with E-state index in [-0.39, 0.29) is 6.04 Å². The zero-order valence-corrected chi connectivity index (χ0v) is 9.78. The van der Waals surface area contributed by atoms with Gasteiger partial charge in [0, 0.05) is 0 Å². The van der Waals surface area contributed by atoms with Crippen molar-refractivity contribution >= 4 is 0 Å². The number of rotatable bonds is 4. The fraction of sp³-hybridized carbons (Fsp3) is 0.417. The standard InChI is InChI=1S/C12H16N2O2/c1-4-13-9(3)12-14-6-11(16-12)10-5-8(2)15-7-10/h5-7,9,13H,4H2,1-3H3. The largest absolute Gasteiger partial charge is 0.469 e. The minimum absolute atomic E-state index is 0.131. The van der Waals surface area contributed by atoms with E-state index in [1.807, 2.05) is 19.9 Å². The van der Waals surface area contributed by atoms with Gasteiger partial charge in [0.2, 0.25) is 5.89 Å². The van der Waals surface area contributed by atoms with Crippen LogP contribution in [0.3, 0.4) is 0 Å². The maximum atomic E-state index is 5.66. The zero-order valence-electron chi connectivity index (χ0n) is 9.78. The Morgan fingerprint density at radius 3 is 2.94 bits per heavy atom. The van der Waals surface area contributed by atoms with Crippen LogP contribution in [0.5, 0.6) is 0 Å². The molecule has 0 aromatic carbocycles. The number of oxazole rings is 1. The Bertz CT molecular complexity index is 459. The van der Waals surface area contributed by atoms with E-state index in [1.54, 1.807) is 12.5 Å². The van der Waals surface area contributed by atoms with Gasteiger partial charge in [-0.3, -0.25) is 0 Å². The SMILES string of the molecule is CCNC(C)c1ncc(-c2coc(C)c2)o1. The van der Waals surface area contributed by atoms with E-state index in [0.717, 1.165) is 23.6 Å². The van der Waals surface area contributed by atoms with Gasteiger partial charge in [0.25, 0.3) is 0 Å². The molecule has 86 valence electrons. The minimum Gasteiger partial charge on any atom is -0.469 e. The minimum atomic E-state index is 0.131. The van der Waals surface area contributed by atoms with Gasteiger partial charge in [-0.15, -0.1) is 0 Å². The monoisotopic (exact) mass is 220 g/mol. The number of furan rings is 1. The Balaban J connectivity index is 2.19. The van der Waals surface area contributed by atoms with Crippen LogP contribution in [0.25, 0.3) is 11.3 Å². The van der Waals surface area contributed by atoms with Crippen LogP contribution < -0.4 is 5.32 Å². The van der Waals surface area contributed by atoms with Crippen molar-refractivity contribution in [3.8, 4) is 11.3 Å². The van der Waals surface area contributed by atoms with Crippen molar-refractivity contribution in [2.24, 2.45) is 0 Å². The van der Waals surface area contributed by atoms with Gasteiger partial charge >= 0.3 is 0 Å². The Morgan fingerprint density at radius 1 is 1.50 bits per heavy atom. The first-order valence-electron chi connectivity index (χ1n) is 5.45. The van der Waals surface area contributed by atoms with Crippen molar-refractivity contribution < 1.29 is 8.83 Å². The lowest BCUT2D eigenvalue weighted by Crippen LogP contribution is -2.17. The highest BCUT2D eigenvalue weighted by atomic mass is 16.4. The second kappa shape index (κ2) is 4.53. The second-order valence-corrected chi connectivity index (χ2v) is 3.79. The maximum absolute atomic E-state index is 5.66. The Labute approximate surface area is 94.7 Å².